The molecular weight excluding hydrogens is 123 g/mol. The van der Waals surface area contributed by atoms with Gasteiger partial charge in [-0.25, -0.2) is 4.39 Å². The molecular formula is C6H5FS. The summed E-state index contributed by atoms with van der Waals surface area (Å²) in [6.45, 7) is 0. The highest BCUT2D eigenvalue weighted by molar-refractivity contribution is 8.08. The summed E-state index contributed by atoms with van der Waals surface area (Å²) in [5.41, 5.74) is 0. The van der Waals surface area contributed by atoms with Crippen LogP contribution >= 0.6 is 11.8 Å². The van der Waals surface area contributed by atoms with E-state index >= 15 is 0 Å². The summed E-state index contributed by atoms with van der Waals surface area (Å²) in [6, 6.07) is 0. The van der Waals surface area contributed by atoms with Gasteiger partial charge >= 0.3 is 0 Å². The van der Waals surface area contributed by atoms with E-state index in [-0.39, 0.29) is 5.25 Å². The van der Waals surface area contributed by atoms with Crippen LogP contribution in [-0.4, -0.2) is 10.3 Å². The molecule has 1 heterocycles. The predicted molar refractivity (Wildman–Crippen MR) is 33.5 cm³/mol. The molecule has 0 radical (unpaired) electrons. The fraction of sp³-hybridized carbons (Fsp3) is 0.333. The fourth-order valence-electron chi connectivity index (χ4n) is 0.817. The van der Waals surface area contributed by atoms with Crippen molar-refractivity contribution in [2.24, 2.45) is 0 Å². The largest absolute Gasteiger partial charge is 0.226 e. The summed E-state index contributed by atoms with van der Waals surface area (Å²) in [5, 5.41) is -0.873. The maximum atomic E-state index is 12.8. The molecule has 2 heteroatoms. The van der Waals surface area contributed by atoms with E-state index in [9.17, 15) is 4.39 Å². The minimum atomic E-state index is -1.01. The third-order valence-electron chi connectivity index (χ3n) is 1.36. The quantitative estimate of drug-likeness (QED) is 0.449. The van der Waals surface area contributed by atoms with Gasteiger partial charge in [-0.2, -0.15) is 0 Å². The summed E-state index contributed by atoms with van der Waals surface area (Å²) < 4.78 is 12.8. The van der Waals surface area contributed by atoms with E-state index in [0.29, 0.717) is 0 Å². The third kappa shape index (κ3) is 0.465. The van der Waals surface area contributed by atoms with Crippen LogP contribution in [0.25, 0.3) is 0 Å². The van der Waals surface area contributed by atoms with Crippen molar-refractivity contribution in [3.8, 4) is 0 Å². The number of rotatable bonds is 0. The van der Waals surface area contributed by atoms with Crippen LogP contribution in [0.5, 0.6) is 0 Å². The maximum absolute atomic E-state index is 12.8. The molecule has 2 unspecified atom stereocenters. The Hall–Kier alpha value is -0.240. The topological polar surface area (TPSA) is 0 Å². The zero-order valence-electron chi connectivity index (χ0n) is 4.17. The standard InChI is InChI=1S/C6H5FS/c7-6-4-2-1-3-5(6)8-6/h1-5H. The first-order valence-electron chi connectivity index (χ1n) is 2.54. The van der Waals surface area contributed by atoms with Crippen LogP contribution in [0.15, 0.2) is 24.3 Å². The first-order valence-corrected chi connectivity index (χ1v) is 3.42. The van der Waals surface area contributed by atoms with Crippen molar-refractivity contribution >= 4 is 11.8 Å². The van der Waals surface area contributed by atoms with Crippen molar-refractivity contribution in [2.45, 2.75) is 10.3 Å². The molecule has 8 heavy (non-hydrogen) atoms. The van der Waals surface area contributed by atoms with Crippen molar-refractivity contribution < 1.29 is 4.39 Å². The predicted octanol–water partition coefficient (Wildman–Crippen LogP) is 1.89. The van der Waals surface area contributed by atoms with Gasteiger partial charge in [-0.1, -0.05) is 18.2 Å². The second-order valence-corrected chi connectivity index (χ2v) is 3.35. The van der Waals surface area contributed by atoms with Gasteiger partial charge in [-0.3, -0.25) is 0 Å². The molecule has 1 fully saturated rings. The summed E-state index contributed by atoms with van der Waals surface area (Å²) >= 11 is 1.36. The molecule has 0 aromatic rings. The Balaban J connectivity index is 2.33. The van der Waals surface area contributed by atoms with Crippen LogP contribution in [0.4, 0.5) is 4.39 Å². The Labute approximate surface area is 51.5 Å². The van der Waals surface area contributed by atoms with Crippen molar-refractivity contribution in [3.63, 3.8) is 0 Å². The van der Waals surface area contributed by atoms with Crippen molar-refractivity contribution in [3.05, 3.63) is 24.3 Å². The van der Waals surface area contributed by atoms with Crippen LogP contribution < -0.4 is 0 Å². The lowest BCUT2D eigenvalue weighted by Crippen LogP contribution is -2.01. The molecule has 0 amide bonds. The van der Waals surface area contributed by atoms with E-state index in [0.717, 1.165) is 0 Å². The number of fused-ring (bicyclic) bond motifs is 1. The molecule has 2 aliphatic rings. The lowest BCUT2D eigenvalue weighted by Gasteiger charge is -1.95. The van der Waals surface area contributed by atoms with E-state index < -0.39 is 5.00 Å². The van der Waals surface area contributed by atoms with Crippen molar-refractivity contribution in [2.75, 3.05) is 0 Å². The smallest absolute Gasteiger partial charge is 0.191 e. The van der Waals surface area contributed by atoms with E-state index in [1.807, 2.05) is 12.2 Å². The second kappa shape index (κ2) is 1.18. The zero-order valence-corrected chi connectivity index (χ0v) is 4.99. The molecule has 1 aliphatic heterocycles. The van der Waals surface area contributed by atoms with Gasteiger partial charge in [0.2, 0.25) is 0 Å². The highest BCUT2D eigenvalue weighted by Crippen LogP contribution is 2.57. The van der Waals surface area contributed by atoms with Gasteiger partial charge in [0.1, 0.15) is 0 Å². The van der Waals surface area contributed by atoms with Crippen molar-refractivity contribution in [1.29, 1.82) is 0 Å². The van der Waals surface area contributed by atoms with Gasteiger partial charge in [-0.15, -0.1) is 11.8 Å². The first kappa shape index (κ1) is 4.62. The Bertz CT molecular complexity index is 173. The van der Waals surface area contributed by atoms with E-state index in [4.69, 9.17) is 0 Å². The molecule has 0 nitrogen and oxygen atoms in total. The normalized spacial score (nSPS) is 48.9. The average Bonchev–Trinajstić information content (AvgIpc) is 2.39. The van der Waals surface area contributed by atoms with Crippen molar-refractivity contribution in [1.82, 2.24) is 0 Å². The first-order chi connectivity index (χ1) is 3.81. The van der Waals surface area contributed by atoms with Crippen LogP contribution in [-0.2, 0) is 0 Å². The Morgan fingerprint density at radius 3 is 2.88 bits per heavy atom. The van der Waals surface area contributed by atoms with Crippen LogP contribution in [0.3, 0.4) is 0 Å². The molecule has 2 rings (SSSR count). The molecule has 0 spiro atoms. The Morgan fingerprint density at radius 2 is 2.38 bits per heavy atom. The number of thioether (sulfide) groups is 1. The minimum Gasteiger partial charge on any atom is -0.226 e. The molecule has 0 bridgehead atoms. The SMILES string of the molecule is FC12C=CC=CC1S2. The summed E-state index contributed by atoms with van der Waals surface area (Å²) in [6.07, 6.45) is 7.16. The number of allylic oxidation sites excluding steroid dienone is 2. The molecule has 0 aromatic carbocycles. The minimum absolute atomic E-state index is 0.132. The fourth-order valence-corrected chi connectivity index (χ4v) is 1.62. The van der Waals surface area contributed by atoms with Gasteiger partial charge < -0.3 is 0 Å². The maximum Gasteiger partial charge on any atom is 0.191 e. The van der Waals surface area contributed by atoms with Crippen LogP contribution in [0.1, 0.15) is 0 Å². The summed E-state index contributed by atoms with van der Waals surface area (Å²) in [7, 11) is 0. The lowest BCUT2D eigenvalue weighted by atomic mass is 10.2. The average molecular weight is 128 g/mol. The molecule has 0 saturated carbocycles. The van der Waals surface area contributed by atoms with Gasteiger partial charge in [0.25, 0.3) is 0 Å². The highest BCUT2D eigenvalue weighted by Gasteiger charge is 2.54. The zero-order chi connectivity index (χ0) is 5.61. The Kier molecular flexibility index (Phi) is 0.684. The highest BCUT2D eigenvalue weighted by atomic mass is 32.2. The Morgan fingerprint density at radius 1 is 1.50 bits per heavy atom. The molecule has 0 N–H and O–H groups in total. The van der Waals surface area contributed by atoms with Gasteiger partial charge in [-0.05, 0) is 6.08 Å². The monoisotopic (exact) mass is 128 g/mol. The number of hydrogen-bond donors (Lipinski definition) is 0. The van der Waals surface area contributed by atoms with E-state index in [2.05, 4.69) is 0 Å². The van der Waals surface area contributed by atoms with E-state index in [1.54, 1.807) is 12.2 Å². The third-order valence-corrected chi connectivity index (χ3v) is 2.61. The number of hydrogen-bond acceptors (Lipinski definition) is 1. The summed E-state index contributed by atoms with van der Waals surface area (Å²) in [5.74, 6) is 0. The van der Waals surface area contributed by atoms with Gasteiger partial charge in [0.15, 0.2) is 5.00 Å². The lowest BCUT2D eigenvalue weighted by molar-refractivity contribution is 0.410. The second-order valence-electron chi connectivity index (χ2n) is 1.98. The molecule has 42 valence electrons. The molecule has 1 saturated heterocycles. The van der Waals surface area contributed by atoms with Crippen LogP contribution in [0, 0.1) is 0 Å². The van der Waals surface area contributed by atoms with Gasteiger partial charge in [0, 0.05) is 0 Å². The molecule has 1 aliphatic carbocycles. The number of halogens is 1. The molecule has 2 atom stereocenters. The number of alkyl halides is 1. The molecule has 0 aromatic heterocycles. The van der Waals surface area contributed by atoms with Crippen LogP contribution in [0.2, 0.25) is 0 Å². The van der Waals surface area contributed by atoms with E-state index in [1.165, 1.54) is 11.8 Å². The van der Waals surface area contributed by atoms with Gasteiger partial charge in [0.05, 0.1) is 5.25 Å². The summed E-state index contributed by atoms with van der Waals surface area (Å²) in [4.78, 5) is 0.